The summed E-state index contributed by atoms with van der Waals surface area (Å²) in [6.45, 7) is 2.85. The van der Waals surface area contributed by atoms with Gasteiger partial charge in [0.2, 0.25) is 0 Å². The highest BCUT2D eigenvalue weighted by Gasteiger charge is 2.16. The number of rotatable bonds is 6. The number of anilines is 1. The maximum atomic E-state index is 12.2. The number of fused-ring (bicyclic) bond motifs is 1. The van der Waals surface area contributed by atoms with Crippen LogP contribution in [0.2, 0.25) is 5.02 Å². The Kier molecular flexibility index (Phi) is 5.89. The fourth-order valence-corrected chi connectivity index (χ4v) is 2.76. The Morgan fingerprint density at radius 2 is 2.00 bits per heavy atom. The van der Waals surface area contributed by atoms with Crippen LogP contribution in [0.1, 0.15) is 12.5 Å². The topological polar surface area (TPSA) is 89.8 Å². The van der Waals surface area contributed by atoms with Crippen LogP contribution >= 0.6 is 11.6 Å². The quantitative estimate of drug-likeness (QED) is 0.815. The molecule has 0 bridgehead atoms. The Morgan fingerprint density at radius 3 is 2.74 bits per heavy atom. The summed E-state index contributed by atoms with van der Waals surface area (Å²) in [6, 6.07) is 10.1. The number of hydrogen-bond acceptors (Lipinski definition) is 6. The number of ether oxygens (including phenoxy) is 4. The van der Waals surface area contributed by atoms with Crippen LogP contribution in [0.5, 0.6) is 23.0 Å². The molecule has 1 heterocycles. The van der Waals surface area contributed by atoms with Crippen molar-refractivity contribution in [2.45, 2.75) is 6.92 Å². The van der Waals surface area contributed by atoms with E-state index in [1.165, 1.54) is 12.1 Å². The SMILES string of the molecule is CCOc1cc(C#N)cc(Cl)c1OCC(=O)Nc1ccc2c(c1)OCCO2. The third-order valence-electron chi connectivity index (χ3n) is 3.61. The molecule has 2 aromatic carbocycles. The van der Waals surface area contributed by atoms with Crippen molar-refractivity contribution < 1.29 is 23.7 Å². The van der Waals surface area contributed by atoms with Gasteiger partial charge in [-0.25, -0.2) is 0 Å². The largest absolute Gasteiger partial charge is 0.490 e. The standard InChI is InChI=1S/C19H17ClN2O5/c1-2-24-17-8-12(10-21)7-14(20)19(17)27-11-18(23)22-13-3-4-15-16(9-13)26-6-5-25-15/h3-4,7-9H,2,5-6,11H2,1H3,(H,22,23). The average molecular weight is 389 g/mol. The molecule has 0 fully saturated rings. The van der Waals surface area contributed by atoms with Crippen molar-refractivity contribution >= 4 is 23.2 Å². The predicted octanol–water partition coefficient (Wildman–Crippen LogP) is 3.40. The van der Waals surface area contributed by atoms with Gasteiger partial charge in [0.1, 0.15) is 13.2 Å². The normalized spacial score (nSPS) is 12.0. The molecule has 1 aliphatic rings. The predicted molar refractivity (Wildman–Crippen MR) is 98.9 cm³/mol. The van der Waals surface area contributed by atoms with Gasteiger partial charge in [-0.2, -0.15) is 5.26 Å². The average Bonchev–Trinajstić information content (AvgIpc) is 2.67. The fraction of sp³-hybridized carbons (Fsp3) is 0.263. The number of hydrogen-bond donors (Lipinski definition) is 1. The van der Waals surface area contributed by atoms with Gasteiger partial charge in [-0.15, -0.1) is 0 Å². The van der Waals surface area contributed by atoms with E-state index in [0.717, 1.165) is 0 Å². The van der Waals surface area contributed by atoms with E-state index in [0.29, 0.717) is 48.3 Å². The fourth-order valence-electron chi connectivity index (χ4n) is 2.49. The molecule has 1 N–H and O–H groups in total. The number of benzene rings is 2. The summed E-state index contributed by atoms with van der Waals surface area (Å²) in [5, 5.41) is 11.9. The van der Waals surface area contributed by atoms with E-state index in [1.54, 1.807) is 25.1 Å². The summed E-state index contributed by atoms with van der Waals surface area (Å²) < 4.78 is 21.9. The summed E-state index contributed by atoms with van der Waals surface area (Å²) >= 11 is 6.15. The Morgan fingerprint density at radius 1 is 1.22 bits per heavy atom. The lowest BCUT2D eigenvalue weighted by atomic mass is 10.2. The number of carbonyl (C=O) groups excluding carboxylic acids is 1. The van der Waals surface area contributed by atoms with Crippen molar-refractivity contribution in [3.63, 3.8) is 0 Å². The van der Waals surface area contributed by atoms with Crippen molar-refractivity contribution in [2.75, 3.05) is 31.7 Å². The highest BCUT2D eigenvalue weighted by atomic mass is 35.5. The van der Waals surface area contributed by atoms with Gasteiger partial charge in [0.05, 0.1) is 23.3 Å². The first-order valence-corrected chi connectivity index (χ1v) is 8.67. The zero-order valence-corrected chi connectivity index (χ0v) is 15.3. The lowest BCUT2D eigenvalue weighted by Crippen LogP contribution is -2.21. The van der Waals surface area contributed by atoms with Gasteiger partial charge < -0.3 is 24.3 Å². The van der Waals surface area contributed by atoms with Crippen LogP contribution in [0.15, 0.2) is 30.3 Å². The smallest absolute Gasteiger partial charge is 0.262 e. The molecule has 8 heteroatoms. The molecule has 7 nitrogen and oxygen atoms in total. The van der Waals surface area contributed by atoms with E-state index in [2.05, 4.69) is 5.32 Å². The van der Waals surface area contributed by atoms with Gasteiger partial charge in [-0.3, -0.25) is 4.79 Å². The van der Waals surface area contributed by atoms with Gasteiger partial charge in [0.25, 0.3) is 5.91 Å². The molecule has 140 valence electrons. The summed E-state index contributed by atoms with van der Waals surface area (Å²) in [7, 11) is 0. The zero-order chi connectivity index (χ0) is 19.2. The van der Waals surface area contributed by atoms with Crippen LogP contribution in [0.3, 0.4) is 0 Å². The number of nitrogens with one attached hydrogen (secondary N) is 1. The molecule has 0 unspecified atom stereocenters. The van der Waals surface area contributed by atoms with Crippen LogP contribution in [-0.2, 0) is 4.79 Å². The molecule has 0 radical (unpaired) electrons. The molecule has 0 aliphatic carbocycles. The maximum Gasteiger partial charge on any atom is 0.262 e. The lowest BCUT2D eigenvalue weighted by molar-refractivity contribution is -0.118. The number of amides is 1. The molecule has 1 amide bonds. The Bertz CT molecular complexity index is 894. The molecule has 3 rings (SSSR count). The van der Waals surface area contributed by atoms with E-state index in [-0.39, 0.29) is 23.3 Å². The second-order valence-electron chi connectivity index (χ2n) is 5.53. The minimum Gasteiger partial charge on any atom is -0.490 e. The highest BCUT2D eigenvalue weighted by molar-refractivity contribution is 6.32. The van der Waals surface area contributed by atoms with E-state index >= 15 is 0 Å². The number of halogens is 1. The van der Waals surface area contributed by atoms with E-state index < -0.39 is 0 Å². The van der Waals surface area contributed by atoms with Gasteiger partial charge in [0.15, 0.2) is 29.6 Å². The minimum absolute atomic E-state index is 0.199. The van der Waals surface area contributed by atoms with E-state index in [4.69, 9.17) is 35.8 Å². The van der Waals surface area contributed by atoms with Crippen LogP contribution in [0.4, 0.5) is 5.69 Å². The third kappa shape index (κ3) is 4.54. The summed E-state index contributed by atoms with van der Waals surface area (Å²) in [5.41, 5.74) is 0.903. The van der Waals surface area contributed by atoms with Crippen molar-refractivity contribution in [3.8, 4) is 29.1 Å². The summed E-state index contributed by atoms with van der Waals surface area (Å²) in [6.07, 6.45) is 0. The van der Waals surface area contributed by atoms with Crippen molar-refractivity contribution in [2.24, 2.45) is 0 Å². The molecule has 2 aromatic rings. The zero-order valence-electron chi connectivity index (χ0n) is 14.6. The van der Waals surface area contributed by atoms with Crippen molar-refractivity contribution in [3.05, 3.63) is 40.9 Å². The molecule has 0 atom stereocenters. The molecule has 0 aromatic heterocycles. The molecule has 0 saturated carbocycles. The Hall–Kier alpha value is -3.11. The lowest BCUT2D eigenvalue weighted by Gasteiger charge is -2.19. The number of nitrogens with zero attached hydrogens (tertiary/aromatic N) is 1. The van der Waals surface area contributed by atoms with Crippen molar-refractivity contribution in [1.82, 2.24) is 0 Å². The van der Waals surface area contributed by atoms with Gasteiger partial charge in [-0.05, 0) is 25.1 Å². The summed E-state index contributed by atoms with van der Waals surface area (Å²) in [4.78, 5) is 12.2. The second kappa shape index (κ2) is 8.52. The monoisotopic (exact) mass is 388 g/mol. The number of nitriles is 1. The van der Waals surface area contributed by atoms with E-state index in [1.807, 2.05) is 6.07 Å². The van der Waals surface area contributed by atoms with Crippen LogP contribution < -0.4 is 24.3 Å². The first kappa shape index (κ1) is 18.7. The molecule has 0 spiro atoms. The summed E-state index contributed by atoms with van der Waals surface area (Å²) in [5.74, 6) is 1.37. The highest BCUT2D eigenvalue weighted by Crippen LogP contribution is 2.36. The van der Waals surface area contributed by atoms with Crippen LogP contribution in [-0.4, -0.2) is 32.3 Å². The minimum atomic E-state index is -0.380. The molecule has 27 heavy (non-hydrogen) atoms. The number of carbonyl (C=O) groups is 1. The van der Waals surface area contributed by atoms with Gasteiger partial charge >= 0.3 is 0 Å². The molecule has 0 saturated heterocycles. The molecule has 1 aliphatic heterocycles. The first-order valence-electron chi connectivity index (χ1n) is 8.29. The first-order chi connectivity index (χ1) is 13.1. The van der Waals surface area contributed by atoms with E-state index in [9.17, 15) is 4.79 Å². The third-order valence-corrected chi connectivity index (χ3v) is 3.89. The van der Waals surface area contributed by atoms with Crippen LogP contribution in [0, 0.1) is 11.3 Å². The Labute approximate surface area is 161 Å². The van der Waals surface area contributed by atoms with Crippen molar-refractivity contribution in [1.29, 1.82) is 5.26 Å². The molecular formula is C19H17ClN2O5. The second-order valence-corrected chi connectivity index (χ2v) is 5.93. The van der Waals surface area contributed by atoms with Crippen LogP contribution in [0.25, 0.3) is 0 Å². The van der Waals surface area contributed by atoms with Gasteiger partial charge in [0, 0.05) is 17.8 Å². The maximum absolute atomic E-state index is 12.2. The van der Waals surface area contributed by atoms with Gasteiger partial charge in [-0.1, -0.05) is 11.6 Å². The molecular weight excluding hydrogens is 372 g/mol. The Balaban J connectivity index is 1.66.